The number of nitrogens with one attached hydrogen (secondary N) is 1. The molecular formula is C17H29N3. The van der Waals surface area contributed by atoms with Crippen LogP contribution in [0.5, 0.6) is 0 Å². The zero-order valence-corrected chi connectivity index (χ0v) is 12.9. The molecule has 3 nitrogen and oxygen atoms in total. The van der Waals surface area contributed by atoms with Gasteiger partial charge in [-0.25, -0.2) is 0 Å². The van der Waals surface area contributed by atoms with Gasteiger partial charge in [-0.3, -0.25) is 4.98 Å². The largest absolute Gasteiger partial charge is 0.315 e. The van der Waals surface area contributed by atoms with E-state index < -0.39 is 0 Å². The summed E-state index contributed by atoms with van der Waals surface area (Å²) in [6, 6.07) is 6.14. The van der Waals surface area contributed by atoms with Crippen LogP contribution in [0.25, 0.3) is 0 Å². The van der Waals surface area contributed by atoms with Crippen LogP contribution >= 0.6 is 0 Å². The third kappa shape index (κ3) is 6.02. The van der Waals surface area contributed by atoms with Gasteiger partial charge in [0.05, 0.1) is 0 Å². The lowest BCUT2D eigenvalue weighted by atomic mass is 9.89. The van der Waals surface area contributed by atoms with E-state index in [1.54, 1.807) is 0 Å². The number of pyridine rings is 1. The van der Waals surface area contributed by atoms with Crippen LogP contribution in [-0.2, 0) is 6.42 Å². The van der Waals surface area contributed by atoms with Crippen molar-refractivity contribution in [3.63, 3.8) is 0 Å². The number of rotatable bonds is 8. The number of hydrogen-bond acceptors (Lipinski definition) is 3. The average molecular weight is 275 g/mol. The fraction of sp³-hybridized carbons (Fsp3) is 0.706. The fourth-order valence-electron chi connectivity index (χ4n) is 2.93. The fourth-order valence-corrected chi connectivity index (χ4v) is 2.93. The highest BCUT2D eigenvalue weighted by Gasteiger charge is 2.12. The molecule has 0 amide bonds. The van der Waals surface area contributed by atoms with Gasteiger partial charge < -0.3 is 10.2 Å². The van der Waals surface area contributed by atoms with Crippen molar-refractivity contribution in [3.05, 3.63) is 30.1 Å². The van der Waals surface area contributed by atoms with Crippen LogP contribution in [0.1, 0.15) is 37.8 Å². The Labute approximate surface area is 123 Å². The highest BCUT2D eigenvalue weighted by Crippen LogP contribution is 2.22. The van der Waals surface area contributed by atoms with E-state index in [0.29, 0.717) is 0 Å². The monoisotopic (exact) mass is 275 g/mol. The molecule has 0 unspecified atom stereocenters. The molecule has 1 saturated carbocycles. The molecule has 20 heavy (non-hydrogen) atoms. The predicted octanol–water partition coefficient (Wildman–Crippen LogP) is 2.73. The van der Waals surface area contributed by atoms with Crippen molar-refractivity contribution in [1.29, 1.82) is 0 Å². The summed E-state index contributed by atoms with van der Waals surface area (Å²) in [5.41, 5.74) is 1.19. The van der Waals surface area contributed by atoms with Gasteiger partial charge in [-0.2, -0.15) is 0 Å². The lowest BCUT2D eigenvalue weighted by Gasteiger charge is -2.23. The minimum atomic E-state index is 0.933. The molecule has 1 aromatic rings. The van der Waals surface area contributed by atoms with E-state index in [-0.39, 0.29) is 0 Å². The van der Waals surface area contributed by atoms with Gasteiger partial charge in [-0.1, -0.05) is 25.3 Å². The second kappa shape index (κ2) is 9.09. The van der Waals surface area contributed by atoms with Crippen LogP contribution in [0.15, 0.2) is 24.4 Å². The van der Waals surface area contributed by atoms with Crippen LogP contribution in [0.2, 0.25) is 0 Å². The van der Waals surface area contributed by atoms with Crippen molar-refractivity contribution < 1.29 is 0 Å². The molecule has 0 aliphatic heterocycles. The maximum absolute atomic E-state index is 4.37. The standard InChI is InChI=1S/C17H29N3/c1-20(13-10-17-9-5-6-11-19-17)14-12-18-15-16-7-3-2-4-8-16/h5-6,9,11,16,18H,2-4,7-8,10,12-15H2,1H3. The number of aromatic nitrogens is 1. The number of likely N-dealkylation sites (N-methyl/N-ethyl adjacent to an activating group) is 1. The van der Waals surface area contributed by atoms with Crippen molar-refractivity contribution >= 4 is 0 Å². The minimum Gasteiger partial charge on any atom is -0.315 e. The van der Waals surface area contributed by atoms with Crippen LogP contribution in [0, 0.1) is 5.92 Å². The summed E-state index contributed by atoms with van der Waals surface area (Å²) in [6.07, 6.45) is 10.1. The Morgan fingerprint density at radius 1 is 1.20 bits per heavy atom. The maximum Gasteiger partial charge on any atom is 0.0416 e. The predicted molar refractivity (Wildman–Crippen MR) is 84.9 cm³/mol. The summed E-state index contributed by atoms with van der Waals surface area (Å²) in [4.78, 5) is 6.76. The molecule has 1 aliphatic rings. The number of nitrogens with zero attached hydrogens (tertiary/aromatic N) is 2. The Bertz CT molecular complexity index is 347. The van der Waals surface area contributed by atoms with Crippen LogP contribution < -0.4 is 5.32 Å². The minimum absolute atomic E-state index is 0.933. The first-order valence-corrected chi connectivity index (χ1v) is 8.14. The van der Waals surface area contributed by atoms with Gasteiger partial charge in [0.2, 0.25) is 0 Å². The third-order valence-electron chi connectivity index (χ3n) is 4.30. The molecule has 1 aromatic heterocycles. The second-order valence-corrected chi connectivity index (χ2v) is 6.08. The zero-order valence-electron chi connectivity index (χ0n) is 12.9. The molecule has 0 spiro atoms. The second-order valence-electron chi connectivity index (χ2n) is 6.08. The van der Waals surface area contributed by atoms with Gasteiger partial charge in [0.1, 0.15) is 0 Å². The lowest BCUT2D eigenvalue weighted by molar-refractivity contribution is 0.310. The third-order valence-corrected chi connectivity index (χ3v) is 4.30. The van der Waals surface area contributed by atoms with Gasteiger partial charge >= 0.3 is 0 Å². The van der Waals surface area contributed by atoms with Gasteiger partial charge in [0.15, 0.2) is 0 Å². The van der Waals surface area contributed by atoms with E-state index >= 15 is 0 Å². The summed E-state index contributed by atoms with van der Waals surface area (Å²) in [5, 5.41) is 3.63. The molecule has 1 aliphatic carbocycles. The molecule has 0 radical (unpaired) electrons. The first kappa shape index (κ1) is 15.5. The smallest absolute Gasteiger partial charge is 0.0416 e. The van der Waals surface area contributed by atoms with Crippen molar-refractivity contribution in [1.82, 2.24) is 15.2 Å². The Morgan fingerprint density at radius 3 is 2.80 bits per heavy atom. The van der Waals surface area contributed by atoms with Crippen molar-refractivity contribution in [2.75, 3.05) is 33.2 Å². The molecule has 112 valence electrons. The summed E-state index contributed by atoms with van der Waals surface area (Å²) in [7, 11) is 2.20. The van der Waals surface area contributed by atoms with E-state index in [4.69, 9.17) is 0 Å². The van der Waals surface area contributed by atoms with E-state index in [1.165, 1.54) is 44.3 Å². The average Bonchev–Trinajstić information content (AvgIpc) is 2.52. The lowest BCUT2D eigenvalue weighted by Crippen LogP contribution is -2.33. The van der Waals surface area contributed by atoms with Crippen molar-refractivity contribution in [2.45, 2.75) is 38.5 Å². The molecule has 3 heteroatoms. The first-order valence-electron chi connectivity index (χ1n) is 8.14. The van der Waals surface area contributed by atoms with Crippen LogP contribution in [0.4, 0.5) is 0 Å². The van der Waals surface area contributed by atoms with Crippen LogP contribution in [0.3, 0.4) is 0 Å². The van der Waals surface area contributed by atoms with E-state index in [1.807, 2.05) is 12.3 Å². The molecule has 1 N–H and O–H groups in total. The van der Waals surface area contributed by atoms with Gasteiger partial charge in [0.25, 0.3) is 0 Å². The highest BCUT2D eigenvalue weighted by atomic mass is 15.1. The first-order chi connectivity index (χ1) is 9.84. The molecular weight excluding hydrogens is 246 g/mol. The van der Waals surface area contributed by atoms with Gasteiger partial charge in [0, 0.05) is 37.9 Å². The van der Waals surface area contributed by atoms with Gasteiger partial charge in [-0.05, 0) is 44.5 Å². The normalized spacial score (nSPS) is 16.7. The van der Waals surface area contributed by atoms with Gasteiger partial charge in [-0.15, -0.1) is 0 Å². The zero-order chi connectivity index (χ0) is 14.0. The molecule has 0 aromatic carbocycles. The molecule has 0 bridgehead atoms. The topological polar surface area (TPSA) is 28.2 Å². The molecule has 1 fully saturated rings. The van der Waals surface area contributed by atoms with E-state index in [9.17, 15) is 0 Å². The SMILES string of the molecule is CN(CCNCC1CCCCC1)CCc1ccccn1. The Balaban J connectivity index is 1.50. The summed E-state index contributed by atoms with van der Waals surface area (Å²) in [6.45, 7) is 4.53. The Morgan fingerprint density at radius 2 is 2.05 bits per heavy atom. The van der Waals surface area contributed by atoms with Crippen molar-refractivity contribution in [2.24, 2.45) is 5.92 Å². The van der Waals surface area contributed by atoms with E-state index in [0.717, 1.165) is 32.0 Å². The Kier molecular flexibility index (Phi) is 7.02. The van der Waals surface area contributed by atoms with Crippen LogP contribution in [-0.4, -0.2) is 43.1 Å². The van der Waals surface area contributed by atoms with E-state index in [2.05, 4.69) is 34.4 Å². The highest BCUT2D eigenvalue weighted by molar-refractivity contribution is 5.03. The molecule has 0 saturated heterocycles. The molecule has 0 atom stereocenters. The molecule has 1 heterocycles. The quantitative estimate of drug-likeness (QED) is 0.739. The Hall–Kier alpha value is -0.930. The summed E-state index contributed by atoms with van der Waals surface area (Å²) < 4.78 is 0. The number of hydrogen-bond donors (Lipinski definition) is 1. The maximum atomic E-state index is 4.37. The summed E-state index contributed by atoms with van der Waals surface area (Å²) in [5.74, 6) is 0.933. The summed E-state index contributed by atoms with van der Waals surface area (Å²) >= 11 is 0. The van der Waals surface area contributed by atoms with Crippen molar-refractivity contribution in [3.8, 4) is 0 Å². The molecule has 2 rings (SSSR count).